The lowest BCUT2D eigenvalue weighted by Gasteiger charge is -2.40. The number of fused-ring (bicyclic) bond motifs is 2. The summed E-state index contributed by atoms with van der Waals surface area (Å²) < 4.78 is 0. The number of urea groups is 1. The summed E-state index contributed by atoms with van der Waals surface area (Å²) in [7, 11) is 2.20. The van der Waals surface area contributed by atoms with Crippen molar-refractivity contribution >= 4 is 46.0 Å². The highest BCUT2D eigenvalue weighted by atomic mass is 35.5. The maximum absolute atomic E-state index is 14.2. The Labute approximate surface area is 288 Å². The van der Waals surface area contributed by atoms with Crippen LogP contribution in [0.3, 0.4) is 0 Å². The van der Waals surface area contributed by atoms with Crippen LogP contribution in [0, 0.1) is 17.8 Å². The topological polar surface area (TPSA) is 105 Å². The van der Waals surface area contributed by atoms with Crippen molar-refractivity contribution in [3.63, 3.8) is 0 Å². The number of benzene rings is 2. The SMILES string of the molecule is CN1CCC(C2CCN(C(=O)C(CC(=O)N3CCC(N4CCc5ccccc5NC4=O)CC3)Cc3cc(Cl)c4[nH]ncc4c3)CC2)CC1. The summed E-state index contributed by atoms with van der Waals surface area (Å²) in [4.78, 5) is 49.5. The summed E-state index contributed by atoms with van der Waals surface area (Å²) in [5.41, 5.74) is 3.75. The molecule has 0 aliphatic carbocycles. The molecular formula is C37H48ClN7O3. The number of aromatic nitrogens is 2. The van der Waals surface area contributed by atoms with Crippen LogP contribution in [0.5, 0.6) is 0 Å². The highest BCUT2D eigenvalue weighted by Gasteiger charge is 2.36. The molecular weight excluding hydrogens is 626 g/mol. The molecule has 0 radical (unpaired) electrons. The van der Waals surface area contributed by atoms with Crippen LogP contribution in [-0.4, -0.2) is 107 Å². The first-order valence-electron chi connectivity index (χ1n) is 17.8. The molecule has 48 heavy (non-hydrogen) atoms. The molecule has 3 aromatic rings. The van der Waals surface area contributed by atoms with Crippen LogP contribution >= 0.6 is 11.6 Å². The molecule has 2 aromatic carbocycles. The molecule has 1 unspecified atom stereocenters. The number of carbonyl (C=O) groups excluding carboxylic acids is 3. The Morgan fingerprint density at radius 1 is 0.917 bits per heavy atom. The van der Waals surface area contributed by atoms with E-state index in [9.17, 15) is 14.4 Å². The van der Waals surface area contributed by atoms with Crippen LogP contribution < -0.4 is 5.32 Å². The number of aromatic amines is 1. The first kappa shape index (κ1) is 32.9. The summed E-state index contributed by atoms with van der Waals surface area (Å²) in [6.07, 6.45) is 9.19. The monoisotopic (exact) mass is 673 g/mol. The number of halogens is 1. The van der Waals surface area contributed by atoms with E-state index in [2.05, 4.69) is 33.5 Å². The Kier molecular flexibility index (Phi) is 9.91. The van der Waals surface area contributed by atoms with E-state index in [0.717, 1.165) is 91.9 Å². The van der Waals surface area contributed by atoms with Gasteiger partial charge in [-0.15, -0.1) is 0 Å². The number of piperidine rings is 3. The van der Waals surface area contributed by atoms with E-state index in [1.54, 1.807) is 6.20 Å². The minimum Gasteiger partial charge on any atom is -0.343 e. The Morgan fingerprint density at radius 2 is 1.60 bits per heavy atom. The highest BCUT2D eigenvalue weighted by Crippen LogP contribution is 2.34. The molecule has 4 amide bonds. The number of nitrogens with one attached hydrogen (secondary N) is 2. The van der Waals surface area contributed by atoms with E-state index in [1.807, 2.05) is 45.0 Å². The number of hydrogen-bond acceptors (Lipinski definition) is 5. The van der Waals surface area contributed by atoms with Crippen molar-refractivity contribution in [2.75, 3.05) is 58.2 Å². The van der Waals surface area contributed by atoms with Gasteiger partial charge in [-0.25, -0.2) is 4.79 Å². The van der Waals surface area contributed by atoms with Crippen LogP contribution in [0.25, 0.3) is 10.9 Å². The minimum atomic E-state index is -0.467. The van der Waals surface area contributed by atoms with Gasteiger partial charge in [0.05, 0.1) is 22.7 Å². The normalized spacial score (nSPS) is 21.2. The lowest BCUT2D eigenvalue weighted by Crippen LogP contribution is -2.50. The summed E-state index contributed by atoms with van der Waals surface area (Å²) in [6, 6.07) is 11.9. The van der Waals surface area contributed by atoms with Gasteiger partial charge in [0.25, 0.3) is 0 Å². The van der Waals surface area contributed by atoms with Gasteiger partial charge in [0.15, 0.2) is 0 Å². The zero-order valence-electron chi connectivity index (χ0n) is 28.0. The van der Waals surface area contributed by atoms with Gasteiger partial charge in [-0.1, -0.05) is 29.8 Å². The number of likely N-dealkylation sites (tertiary alicyclic amines) is 3. The minimum absolute atomic E-state index is 0.0104. The highest BCUT2D eigenvalue weighted by molar-refractivity contribution is 6.35. The molecule has 0 bridgehead atoms. The molecule has 1 aromatic heterocycles. The molecule has 4 aliphatic rings. The maximum Gasteiger partial charge on any atom is 0.322 e. The Bertz CT molecular complexity index is 1620. The zero-order chi connectivity index (χ0) is 33.2. The van der Waals surface area contributed by atoms with Crippen LogP contribution in [-0.2, 0) is 22.4 Å². The van der Waals surface area contributed by atoms with Crippen LogP contribution in [0.2, 0.25) is 5.02 Å². The fraction of sp³-hybridized carbons (Fsp3) is 0.568. The predicted octanol–water partition coefficient (Wildman–Crippen LogP) is 5.43. The van der Waals surface area contributed by atoms with Crippen molar-refractivity contribution < 1.29 is 14.4 Å². The second kappa shape index (κ2) is 14.5. The molecule has 4 aliphatic heterocycles. The third-order valence-electron chi connectivity index (χ3n) is 11.5. The van der Waals surface area contributed by atoms with Gasteiger partial charge in [-0.3, -0.25) is 14.7 Å². The van der Waals surface area contributed by atoms with Crippen molar-refractivity contribution in [2.45, 2.75) is 63.8 Å². The van der Waals surface area contributed by atoms with E-state index < -0.39 is 5.92 Å². The van der Waals surface area contributed by atoms with E-state index in [1.165, 1.54) is 12.8 Å². The van der Waals surface area contributed by atoms with Gasteiger partial charge in [-0.05, 0) is 113 Å². The molecule has 0 spiro atoms. The van der Waals surface area contributed by atoms with Crippen molar-refractivity contribution in [3.8, 4) is 0 Å². The van der Waals surface area contributed by atoms with Crippen molar-refractivity contribution in [1.82, 2.24) is 29.8 Å². The number of nitrogens with zero attached hydrogens (tertiary/aromatic N) is 5. The molecule has 256 valence electrons. The fourth-order valence-corrected chi connectivity index (χ4v) is 8.87. The number of hydrogen-bond donors (Lipinski definition) is 2. The first-order chi connectivity index (χ1) is 23.3. The van der Waals surface area contributed by atoms with Crippen LogP contribution in [0.15, 0.2) is 42.6 Å². The van der Waals surface area contributed by atoms with Gasteiger partial charge >= 0.3 is 6.03 Å². The number of amides is 4. The van der Waals surface area contributed by atoms with Gasteiger partial charge < -0.3 is 24.9 Å². The molecule has 7 rings (SSSR count). The van der Waals surface area contributed by atoms with Gasteiger partial charge in [0.2, 0.25) is 11.8 Å². The third-order valence-corrected chi connectivity index (χ3v) is 11.8. The summed E-state index contributed by atoms with van der Waals surface area (Å²) >= 11 is 6.59. The smallest absolute Gasteiger partial charge is 0.322 e. The van der Waals surface area contributed by atoms with Crippen LogP contribution in [0.1, 0.15) is 56.1 Å². The van der Waals surface area contributed by atoms with Crippen molar-refractivity contribution in [2.24, 2.45) is 17.8 Å². The number of rotatable bonds is 7. The summed E-state index contributed by atoms with van der Waals surface area (Å²) in [5, 5.41) is 11.6. The zero-order valence-corrected chi connectivity index (χ0v) is 28.8. The van der Waals surface area contributed by atoms with E-state index >= 15 is 0 Å². The lowest BCUT2D eigenvalue weighted by molar-refractivity contribution is -0.143. The molecule has 0 saturated carbocycles. The van der Waals surface area contributed by atoms with Crippen molar-refractivity contribution in [3.05, 3.63) is 58.7 Å². The molecule has 1 atom stereocenters. The average Bonchev–Trinajstić information content (AvgIpc) is 3.52. The largest absolute Gasteiger partial charge is 0.343 e. The number of carbonyl (C=O) groups is 3. The van der Waals surface area contributed by atoms with E-state index in [0.29, 0.717) is 37.0 Å². The van der Waals surface area contributed by atoms with E-state index in [4.69, 9.17) is 11.6 Å². The van der Waals surface area contributed by atoms with Gasteiger partial charge in [0, 0.05) is 56.3 Å². The standard InChI is InChI=1S/C37H48ClN7O3/c1-42-13-6-26(7-14-42)27-8-15-44(16-9-27)36(47)29(20-25-21-30-24-39-41-35(30)32(38)22-25)23-34(46)43-17-11-31(12-18-43)45-19-10-28-4-2-3-5-33(28)40-37(45)48/h2-5,21-22,24,26-27,29,31H,6-20,23H2,1H3,(H,39,41)(H,40,48). The fourth-order valence-electron chi connectivity index (χ4n) is 8.58. The average molecular weight is 674 g/mol. The quantitative estimate of drug-likeness (QED) is 0.348. The molecule has 5 heterocycles. The Balaban J connectivity index is 0.996. The van der Waals surface area contributed by atoms with Gasteiger partial charge in [0.1, 0.15) is 0 Å². The second-order valence-corrected chi connectivity index (χ2v) is 14.9. The Morgan fingerprint density at radius 3 is 2.35 bits per heavy atom. The molecule has 3 saturated heterocycles. The predicted molar refractivity (Wildman–Crippen MR) is 188 cm³/mol. The third kappa shape index (κ3) is 7.20. The first-order valence-corrected chi connectivity index (χ1v) is 18.2. The molecule has 2 N–H and O–H groups in total. The van der Waals surface area contributed by atoms with Crippen molar-refractivity contribution in [1.29, 1.82) is 0 Å². The second-order valence-electron chi connectivity index (χ2n) is 14.5. The molecule has 3 fully saturated rings. The number of para-hydroxylation sites is 1. The van der Waals surface area contributed by atoms with Crippen LogP contribution in [0.4, 0.5) is 10.5 Å². The Hall–Kier alpha value is -3.63. The number of anilines is 1. The number of H-pyrrole nitrogens is 1. The summed E-state index contributed by atoms with van der Waals surface area (Å²) in [6.45, 7) is 5.66. The lowest BCUT2D eigenvalue weighted by atomic mass is 9.78. The summed E-state index contributed by atoms with van der Waals surface area (Å²) in [5.74, 6) is 1.04. The van der Waals surface area contributed by atoms with E-state index in [-0.39, 0.29) is 30.3 Å². The maximum atomic E-state index is 14.2. The molecule has 10 nitrogen and oxygen atoms in total. The van der Waals surface area contributed by atoms with Gasteiger partial charge in [-0.2, -0.15) is 5.10 Å². The molecule has 11 heteroatoms.